The van der Waals surface area contributed by atoms with Crippen LogP contribution in [0.5, 0.6) is 0 Å². The third kappa shape index (κ3) is 3.41. The van der Waals surface area contributed by atoms with Crippen LogP contribution in [0.25, 0.3) is 0 Å². The van der Waals surface area contributed by atoms with Crippen LogP contribution in [0.15, 0.2) is 29.4 Å². The van der Waals surface area contributed by atoms with Crippen LogP contribution in [0.4, 0.5) is 5.82 Å². The van der Waals surface area contributed by atoms with Crippen molar-refractivity contribution in [2.75, 3.05) is 32.0 Å². The predicted molar refractivity (Wildman–Crippen MR) is 71.4 cm³/mol. The molecule has 18 heavy (non-hydrogen) atoms. The first-order valence-corrected chi connectivity index (χ1v) is 5.96. The predicted octanol–water partition coefficient (Wildman–Crippen LogP) is -0.125. The van der Waals surface area contributed by atoms with Gasteiger partial charge < -0.3 is 21.1 Å². The second-order valence-electron chi connectivity index (χ2n) is 4.75. The van der Waals surface area contributed by atoms with Gasteiger partial charge in [0.1, 0.15) is 5.82 Å². The average Bonchev–Trinajstić information content (AvgIpc) is 2.69. The van der Waals surface area contributed by atoms with Gasteiger partial charge in [0.2, 0.25) is 0 Å². The van der Waals surface area contributed by atoms with E-state index in [1.165, 1.54) is 0 Å². The van der Waals surface area contributed by atoms with Gasteiger partial charge in [-0.2, -0.15) is 0 Å². The van der Waals surface area contributed by atoms with Gasteiger partial charge in [-0.1, -0.05) is 6.07 Å². The van der Waals surface area contributed by atoms with Gasteiger partial charge in [0, 0.05) is 19.3 Å². The number of anilines is 1. The number of likely N-dealkylation sites (tertiary alicyclic amines) is 1. The average molecular weight is 249 g/mol. The normalized spacial score (nSPS) is 25.3. The highest BCUT2D eigenvalue weighted by molar-refractivity contribution is 5.91. The van der Waals surface area contributed by atoms with E-state index in [-0.39, 0.29) is 5.96 Å². The van der Waals surface area contributed by atoms with Gasteiger partial charge in [-0.05, 0) is 25.6 Å². The highest BCUT2D eigenvalue weighted by Gasteiger charge is 2.34. The summed E-state index contributed by atoms with van der Waals surface area (Å²) in [4.78, 5) is 10.3. The number of aromatic nitrogens is 1. The van der Waals surface area contributed by atoms with E-state index < -0.39 is 5.60 Å². The molecule has 1 aliphatic heterocycles. The van der Waals surface area contributed by atoms with Crippen molar-refractivity contribution in [3.63, 3.8) is 0 Å². The Morgan fingerprint density at radius 1 is 1.67 bits per heavy atom. The fourth-order valence-electron chi connectivity index (χ4n) is 2.03. The van der Waals surface area contributed by atoms with Crippen LogP contribution in [-0.2, 0) is 0 Å². The van der Waals surface area contributed by atoms with Crippen LogP contribution in [0.1, 0.15) is 6.42 Å². The molecule has 1 aromatic heterocycles. The molecule has 0 amide bonds. The van der Waals surface area contributed by atoms with E-state index in [9.17, 15) is 5.11 Å². The molecule has 0 radical (unpaired) electrons. The molecule has 0 aliphatic carbocycles. The van der Waals surface area contributed by atoms with Crippen LogP contribution in [0, 0.1) is 0 Å². The molecule has 2 heterocycles. The third-order valence-corrected chi connectivity index (χ3v) is 2.99. The maximum absolute atomic E-state index is 10.2. The molecule has 0 bridgehead atoms. The molecule has 0 aromatic carbocycles. The Morgan fingerprint density at radius 2 is 2.50 bits per heavy atom. The molecule has 1 aliphatic rings. The summed E-state index contributed by atoms with van der Waals surface area (Å²) in [6.45, 7) is 1.83. The fourth-order valence-corrected chi connectivity index (χ4v) is 2.03. The molecule has 0 spiro atoms. The lowest BCUT2D eigenvalue weighted by Crippen LogP contribution is -2.37. The largest absolute Gasteiger partial charge is 0.387 e. The molecule has 1 fully saturated rings. The van der Waals surface area contributed by atoms with E-state index in [0.29, 0.717) is 18.9 Å². The van der Waals surface area contributed by atoms with E-state index in [0.717, 1.165) is 13.0 Å². The standard InChI is InChI=1S/C12H19N5O/c1-17-7-5-12(18,9-17)8-15-11(13)16-10-4-2-3-6-14-10/h2-4,6,18H,5,7-9H2,1H3,(H3,13,14,15,16). The van der Waals surface area contributed by atoms with Crippen molar-refractivity contribution >= 4 is 11.8 Å². The smallest absolute Gasteiger partial charge is 0.194 e. The van der Waals surface area contributed by atoms with Gasteiger partial charge in [-0.25, -0.2) is 4.98 Å². The highest BCUT2D eigenvalue weighted by Crippen LogP contribution is 2.19. The number of hydrogen-bond donors (Lipinski definition) is 3. The van der Waals surface area contributed by atoms with Gasteiger partial charge in [0.15, 0.2) is 5.96 Å². The molecular formula is C12H19N5O. The number of aliphatic imine (C=N–C) groups is 1. The van der Waals surface area contributed by atoms with Crippen LogP contribution in [0.2, 0.25) is 0 Å². The summed E-state index contributed by atoms with van der Waals surface area (Å²) in [5.41, 5.74) is 4.99. The molecule has 4 N–H and O–H groups in total. The summed E-state index contributed by atoms with van der Waals surface area (Å²) in [6, 6.07) is 5.50. The lowest BCUT2D eigenvalue weighted by Gasteiger charge is -2.20. The minimum atomic E-state index is -0.759. The van der Waals surface area contributed by atoms with Crippen molar-refractivity contribution in [1.82, 2.24) is 9.88 Å². The molecule has 1 atom stereocenters. The molecule has 1 unspecified atom stereocenters. The molecule has 98 valence electrons. The summed E-state index contributed by atoms with van der Waals surface area (Å²) in [6.07, 6.45) is 2.40. The van der Waals surface area contributed by atoms with Crippen molar-refractivity contribution in [1.29, 1.82) is 0 Å². The number of hydrogen-bond acceptors (Lipinski definition) is 4. The Labute approximate surface area is 107 Å². The van der Waals surface area contributed by atoms with Gasteiger partial charge in [-0.15, -0.1) is 0 Å². The van der Waals surface area contributed by atoms with Crippen molar-refractivity contribution in [3.8, 4) is 0 Å². The molecular weight excluding hydrogens is 230 g/mol. The van der Waals surface area contributed by atoms with Gasteiger partial charge in [0.25, 0.3) is 0 Å². The first kappa shape index (κ1) is 12.8. The van der Waals surface area contributed by atoms with Crippen LogP contribution in [-0.4, -0.2) is 53.2 Å². The van der Waals surface area contributed by atoms with E-state index in [2.05, 4.69) is 20.2 Å². The number of likely N-dealkylation sites (N-methyl/N-ethyl adjacent to an activating group) is 1. The molecule has 2 rings (SSSR count). The van der Waals surface area contributed by atoms with Crippen molar-refractivity contribution < 1.29 is 5.11 Å². The Hall–Kier alpha value is -1.66. The Bertz CT molecular complexity index is 422. The van der Waals surface area contributed by atoms with E-state index in [1.807, 2.05) is 19.2 Å². The first-order valence-electron chi connectivity index (χ1n) is 5.96. The number of nitrogens with two attached hydrogens (primary N) is 1. The second kappa shape index (κ2) is 5.32. The van der Waals surface area contributed by atoms with Gasteiger partial charge in [0.05, 0.1) is 12.1 Å². The number of pyridine rings is 1. The minimum Gasteiger partial charge on any atom is -0.387 e. The van der Waals surface area contributed by atoms with Gasteiger partial charge >= 0.3 is 0 Å². The number of aliphatic hydroxyl groups is 1. The lowest BCUT2D eigenvalue weighted by atomic mass is 10.0. The third-order valence-electron chi connectivity index (χ3n) is 2.99. The van der Waals surface area contributed by atoms with E-state index in [4.69, 9.17) is 5.73 Å². The van der Waals surface area contributed by atoms with Crippen LogP contribution < -0.4 is 11.1 Å². The minimum absolute atomic E-state index is 0.275. The van der Waals surface area contributed by atoms with E-state index >= 15 is 0 Å². The Balaban J connectivity index is 1.89. The zero-order chi connectivity index (χ0) is 13.0. The van der Waals surface area contributed by atoms with Crippen LogP contribution in [0.3, 0.4) is 0 Å². The maximum Gasteiger partial charge on any atom is 0.194 e. The number of nitrogens with one attached hydrogen (secondary N) is 1. The maximum atomic E-state index is 10.2. The van der Waals surface area contributed by atoms with Crippen molar-refractivity contribution in [2.24, 2.45) is 10.7 Å². The topological polar surface area (TPSA) is 86.8 Å². The Kier molecular flexibility index (Phi) is 3.78. The first-order chi connectivity index (χ1) is 8.57. The van der Waals surface area contributed by atoms with Crippen molar-refractivity contribution in [2.45, 2.75) is 12.0 Å². The van der Waals surface area contributed by atoms with Gasteiger partial charge in [-0.3, -0.25) is 4.99 Å². The fraction of sp³-hybridized carbons (Fsp3) is 0.500. The molecule has 0 saturated carbocycles. The lowest BCUT2D eigenvalue weighted by molar-refractivity contribution is 0.0615. The summed E-state index contributed by atoms with van der Waals surface area (Å²) in [5.74, 6) is 0.922. The second-order valence-corrected chi connectivity index (χ2v) is 4.75. The van der Waals surface area contributed by atoms with E-state index in [1.54, 1.807) is 12.3 Å². The quantitative estimate of drug-likeness (QED) is 0.513. The zero-order valence-electron chi connectivity index (χ0n) is 10.5. The molecule has 1 saturated heterocycles. The van der Waals surface area contributed by atoms with Crippen molar-refractivity contribution in [3.05, 3.63) is 24.4 Å². The molecule has 6 heteroatoms. The highest BCUT2D eigenvalue weighted by atomic mass is 16.3. The summed E-state index contributed by atoms with van der Waals surface area (Å²) in [7, 11) is 1.98. The summed E-state index contributed by atoms with van der Waals surface area (Å²) < 4.78 is 0. The summed E-state index contributed by atoms with van der Waals surface area (Å²) >= 11 is 0. The number of guanidine groups is 1. The molecule has 1 aromatic rings. The number of β-amino-alcohol motifs (C(OH)–C–C–N with tert-alkyl or cyclic N) is 1. The van der Waals surface area contributed by atoms with Crippen LogP contribution >= 0.6 is 0 Å². The number of rotatable bonds is 3. The monoisotopic (exact) mass is 249 g/mol. The summed E-state index contributed by atoms with van der Waals surface area (Å²) in [5, 5.41) is 13.1. The Morgan fingerprint density at radius 3 is 3.11 bits per heavy atom. The SMILES string of the molecule is CN1CCC(O)(CN=C(N)Nc2ccccn2)C1. The molecule has 6 nitrogen and oxygen atoms in total. The zero-order valence-corrected chi connectivity index (χ0v) is 10.5. The number of nitrogens with zero attached hydrogens (tertiary/aromatic N) is 3.